The first-order valence-corrected chi connectivity index (χ1v) is 6.14. The van der Waals surface area contributed by atoms with Crippen molar-refractivity contribution in [2.24, 2.45) is 5.73 Å². The largest absolute Gasteiger partial charge is 0.373 e. The summed E-state index contributed by atoms with van der Waals surface area (Å²) in [5, 5.41) is 8.70. The monoisotopic (exact) mass is 230 g/mol. The van der Waals surface area contributed by atoms with E-state index < -0.39 is 0 Å². The summed E-state index contributed by atoms with van der Waals surface area (Å²) < 4.78 is 5.85. The van der Waals surface area contributed by atoms with Gasteiger partial charge in [-0.05, 0) is 43.4 Å². The van der Waals surface area contributed by atoms with Crippen LogP contribution in [0.4, 0.5) is 0 Å². The van der Waals surface area contributed by atoms with Crippen molar-refractivity contribution in [3.8, 4) is 6.07 Å². The molecule has 3 heteroatoms. The molecule has 1 aliphatic rings. The van der Waals surface area contributed by atoms with Gasteiger partial charge in [0.2, 0.25) is 0 Å². The molecule has 0 amide bonds. The van der Waals surface area contributed by atoms with Gasteiger partial charge in [0.1, 0.15) is 0 Å². The summed E-state index contributed by atoms with van der Waals surface area (Å²) in [6.07, 6.45) is 4.67. The number of hydrogen-bond acceptors (Lipinski definition) is 3. The zero-order valence-corrected chi connectivity index (χ0v) is 9.93. The molecule has 1 aliphatic carbocycles. The van der Waals surface area contributed by atoms with Crippen LogP contribution in [0.1, 0.15) is 36.8 Å². The molecule has 17 heavy (non-hydrogen) atoms. The van der Waals surface area contributed by atoms with E-state index in [0.717, 1.165) is 24.8 Å². The van der Waals surface area contributed by atoms with Crippen LogP contribution in [0.3, 0.4) is 0 Å². The Morgan fingerprint density at radius 2 is 2.06 bits per heavy atom. The lowest BCUT2D eigenvalue weighted by Gasteiger charge is -2.26. The van der Waals surface area contributed by atoms with Crippen LogP contribution in [0.5, 0.6) is 0 Å². The summed E-state index contributed by atoms with van der Waals surface area (Å²) in [6, 6.07) is 9.95. The Morgan fingerprint density at radius 3 is 2.71 bits per heavy atom. The van der Waals surface area contributed by atoms with Crippen molar-refractivity contribution in [3.63, 3.8) is 0 Å². The molecule has 3 nitrogen and oxygen atoms in total. The van der Waals surface area contributed by atoms with Crippen molar-refractivity contribution in [2.75, 3.05) is 0 Å². The zero-order valence-electron chi connectivity index (χ0n) is 9.93. The minimum Gasteiger partial charge on any atom is -0.373 e. The Balaban J connectivity index is 1.83. The Labute approximate surface area is 102 Å². The molecule has 0 bridgehead atoms. The molecule has 2 rings (SSSR count). The smallest absolute Gasteiger partial charge is 0.0991 e. The fourth-order valence-electron chi connectivity index (χ4n) is 2.22. The van der Waals surface area contributed by atoms with Crippen molar-refractivity contribution in [1.29, 1.82) is 5.26 Å². The molecule has 90 valence electrons. The van der Waals surface area contributed by atoms with Gasteiger partial charge in [-0.2, -0.15) is 5.26 Å². The number of hydrogen-bond donors (Lipinski definition) is 1. The van der Waals surface area contributed by atoms with Crippen LogP contribution in [0, 0.1) is 11.3 Å². The van der Waals surface area contributed by atoms with E-state index in [1.54, 1.807) is 0 Å². The minimum atomic E-state index is 0.300. The molecule has 0 aromatic heterocycles. The van der Waals surface area contributed by atoms with E-state index in [4.69, 9.17) is 15.7 Å². The highest BCUT2D eigenvalue weighted by Crippen LogP contribution is 2.20. The van der Waals surface area contributed by atoms with Crippen LogP contribution in [-0.4, -0.2) is 12.1 Å². The van der Waals surface area contributed by atoms with Crippen molar-refractivity contribution in [3.05, 3.63) is 35.4 Å². The normalized spacial score (nSPS) is 24.2. The van der Waals surface area contributed by atoms with Gasteiger partial charge in [-0.3, -0.25) is 0 Å². The van der Waals surface area contributed by atoms with Gasteiger partial charge in [0, 0.05) is 6.04 Å². The van der Waals surface area contributed by atoms with Crippen LogP contribution in [-0.2, 0) is 11.3 Å². The minimum absolute atomic E-state index is 0.300. The van der Waals surface area contributed by atoms with Gasteiger partial charge in [-0.25, -0.2) is 0 Å². The molecule has 2 N–H and O–H groups in total. The third-order valence-corrected chi connectivity index (χ3v) is 3.24. The topological polar surface area (TPSA) is 59.0 Å². The van der Waals surface area contributed by atoms with E-state index in [1.165, 1.54) is 6.42 Å². The first kappa shape index (κ1) is 12.1. The molecule has 2 unspecified atom stereocenters. The van der Waals surface area contributed by atoms with Crippen molar-refractivity contribution in [2.45, 2.75) is 44.4 Å². The molecular weight excluding hydrogens is 212 g/mol. The van der Waals surface area contributed by atoms with Gasteiger partial charge in [-0.1, -0.05) is 12.1 Å². The average molecular weight is 230 g/mol. The van der Waals surface area contributed by atoms with Crippen molar-refractivity contribution >= 4 is 0 Å². The maximum Gasteiger partial charge on any atom is 0.0991 e. The van der Waals surface area contributed by atoms with Crippen molar-refractivity contribution in [1.82, 2.24) is 0 Å². The maximum absolute atomic E-state index is 8.70. The molecule has 0 spiro atoms. The summed E-state index contributed by atoms with van der Waals surface area (Å²) in [4.78, 5) is 0. The summed E-state index contributed by atoms with van der Waals surface area (Å²) in [6.45, 7) is 0.614. The molecular formula is C14H18N2O. The highest BCUT2D eigenvalue weighted by atomic mass is 16.5. The van der Waals surface area contributed by atoms with Crippen LogP contribution >= 0.6 is 0 Å². The maximum atomic E-state index is 8.70. The average Bonchev–Trinajstić information content (AvgIpc) is 2.37. The highest BCUT2D eigenvalue weighted by molar-refractivity contribution is 5.31. The lowest BCUT2D eigenvalue weighted by Crippen LogP contribution is -2.32. The second kappa shape index (κ2) is 5.81. The van der Waals surface area contributed by atoms with Crippen LogP contribution in [0.2, 0.25) is 0 Å². The third kappa shape index (κ3) is 3.55. The van der Waals surface area contributed by atoms with Crippen LogP contribution in [0.25, 0.3) is 0 Å². The Kier molecular flexibility index (Phi) is 4.13. The molecule has 1 fully saturated rings. The van der Waals surface area contributed by atoms with Gasteiger partial charge in [-0.15, -0.1) is 0 Å². The van der Waals surface area contributed by atoms with Gasteiger partial charge in [0.25, 0.3) is 0 Å². The molecule has 0 radical (unpaired) electrons. The quantitative estimate of drug-likeness (QED) is 0.867. The fraction of sp³-hybridized carbons (Fsp3) is 0.500. The molecule has 0 saturated heterocycles. The lowest BCUT2D eigenvalue weighted by molar-refractivity contribution is 0.0122. The number of rotatable bonds is 3. The van der Waals surface area contributed by atoms with Crippen molar-refractivity contribution < 1.29 is 4.74 Å². The van der Waals surface area contributed by atoms with E-state index in [0.29, 0.717) is 24.3 Å². The number of nitrogens with zero attached hydrogens (tertiary/aromatic N) is 1. The first-order valence-electron chi connectivity index (χ1n) is 6.14. The van der Waals surface area contributed by atoms with Gasteiger partial charge < -0.3 is 10.5 Å². The summed E-state index contributed by atoms with van der Waals surface area (Å²) >= 11 is 0. The predicted octanol–water partition coefficient (Wildman–Crippen LogP) is 2.34. The van der Waals surface area contributed by atoms with Crippen LogP contribution in [0.15, 0.2) is 24.3 Å². The Hall–Kier alpha value is -1.37. The van der Waals surface area contributed by atoms with E-state index in [9.17, 15) is 0 Å². The molecule has 2 atom stereocenters. The molecule has 1 aromatic carbocycles. The first-order chi connectivity index (χ1) is 8.28. The SMILES string of the molecule is N#Cc1ccc(COC2CCCC(N)C2)cc1. The summed E-state index contributed by atoms with van der Waals surface area (Å²) in [5.74, 6) is 0. The van der Waals surface area contributed by atoms with Gasteiger partial charge in [0.15, 0.2) is 0 Å². The van der Waals surface area contributed by atoms with E-state index in [2.05, 4.69) is 6.07 Å². The lowest BCUT2D eigenvalue weighted by atomic mass is 9.93. The number of benzene rings is 1. The number of nitrogens with two attached hydrogens (primary N) is 1. The van der Waals surface area contributed by atoms with Gasteiger partial charge in [0.05, 0.1) is 24.3 Å². The molecule has 1 saturated carbocycles. The third-order valence-electron chi connectivity index (χ3n) is 3.24. The second-order valence-electron chi connectivity index (χ2n) is 4.67. The standard InChI is InChI=1S/C14H18N2O/c15-9-11-4-6-12(7-5-11)10-17-14-3-1-2-13(16)8-14/h4-7,13-14H,1-3,8,10,16H2. The summed E-state index contributed by atoms with van der Waals surface area (Å²) in [7, 11) is 0. The summed E-state index contributed by atoms with van der Waals surface area (Å²) in [5.41, 5.74) is 7.72. The highest BCUT2D eigenvalue weighted by Gasteiger charge is 2.19. The number of nitriles is 1. The van der Waals surface area contributed by atoms with E-state index >= 15 is 0 Å². The van der Waals surface area contributed by atoms with E-state index in [1.807, 2.05) is 24.3 Å². The number of ether oxygens (including phenoxy) is 1. The predicted molar refractivity (Wildman–Crippen MR) is 66.2 cm³/mol. The Bertz CT molecular complexity index is 394. The fourth-order valence-corrected chi connectivity index (χ4v) is 2.22. The van der Waals surface area contributed by atoms with Crippen LogP contribution < -0.4 is 5.73 Å². The zero-order chi connectivity index (χ0) is 12.1. The Morgan fingerprint density at radius 1 is 1.29 bits per heavy atom. The molecule has 0 heterocycles. The molecule has 1 aromatic rings. The van der Waals surface area contributed by atoms with Gasteiger partial charge >= 0.3 is 0 Å². The second-order valence-corrected chi connectivity index (χ2v) is 4.67. The van der Waals surface area contributed by atoms with E-state index in [-0.39, 0.29) is 0 Å². The molecule has 0 aliphatic heterocycles.